The van der Waals surface area contributed by atoms with Crippen LogP contribution in [0.5, 0.6) is 0 Å². The number of halogens is 2. The van der Waals surface area contributed by atoms with Crippen LogP contribution in [-0.4, -0.2) is 0 Å². The van der Waals surface area contributed by atoms with Crippen LogP contribution < -0.4 is 0 Å². The summed E-state index contributed by atoms with van der Waals surface area (Å²) in [5.41, 5.74) is 4.37. The number of benzene rings is 2. The Kier molecular flexibility index (Phi) is 2.31. The molecule has 0 nitrogen and oxygen atoms in total. The third-order valence-corrected chi connectivity index (χ3v) is 3.86. The van der Waals surface area contributed by atoms with E-state index in [0.717, 1.165) is 11.1 Å². The summed E-state index contributed by atoms with van der Waals surface area (Å²) in [7, 11) is 0. The van der Waals surface area contributed by atoms with Crippen LogP contribution in [0.15, 0.2) is 42.5 Å². The van der Waals surface area contributed by atoms with E-state index in [1.807, 2.05) is 18.2 Å². The second-order valence-electron chi connectivity index (χ2n) is 5.28. The maximum Gasteiger partial charge on any atom is 0.263 e. The molecular weight excluding hydrogens is 230 g/mol. The van der Waals surface area contributed by atoms with Crippen LogP contribution >= 0.6 is 0 Å². The van der Waals surface area contributed by atoms with Gasteiger partial charge in [-0.15, -0.1) is 0 Å². The molecule has 0 aliphatic heterocycles. The van der Waals surface area contributed by atoms with Crippen molar-refractivity contribution in [2.75, 3.05) is 0 Å². The highest BCUT2D eigenvalue weighted by Crippen LogP contribution is 2.49. The molecule has 2 heteroatoms. The van der Waals surface area contributed by atoms with E-state index in [1.165, 1.54) is 17.2 Å². The van der Waals surface area contributed by atoms with Crippen molar-refractivity contribution in [3.63, 3.8) is 0 Å². The summed E-state index contributed by atoms with van der Waals surface area (Å²) < 4.78 is 25.6. The van der Waals surface area contributed by atoms with E-state index in [0.29, 0.717) is 0 Å². The Bertz CT molecular complexity index is 612. The zero-order chi connectivity index (χ0) is 12.9. The summed E-state index contributed by atoms with van der Waals surface area (Å²) in [6.07, 6.45) is -2.41. The minimum Gasteiger partial charge on any atom is -0.205 e. The van der Waals surface area contributed by atoms with Gasteiger partial charge in [0.05, 0.1) is 0 Å². The standard InChI is InChI=1S/C16H14F2/c1-16(2)13-6-4-3-5-11(13)12-8-7-10(15(17)18)9-14(12)16/h3-9,15H,1-2H3. The Morgan fingerprint density at radius 1 is 0.889 bits per heavy atom. The molecule has 3 rings (SSSR count). The first-order valence-corrected chi connectivity index (χ1v) is 6.04. The molecule has 0 fully saturated rings. The lowest BCUT2D eigenvalue weighted by atomic mass is 9.82. The van der Waals surface area contributed by atoms with Crippen LogP contribution in [0.3, 0.4) is 0 Å². The third-order valence-electron chi connectivity index (χ3n) is 3.86. The van der Waals surface area contributed by atoms with Gasteiger partial charge in [0, 0.05) is 11.0 Å². The van der Waals surface area contributed by atoms with E-state index in [-0.39, 0.29) is 11.0 Å². The molecule has 0 saturated carbocycles. The quantitative estimate of drug-likeness (QED) is 0.667. The molecule has 2 aromatic carbocycles. The van der Waals surface area contributed by atoms with Crippen LogP contribution in [0.2, 0.25) is 0 Å². The van der Waals surface area contributed by atoms with Crippen LogP contribution in [0.1, 0.15) is 37.0 Å². The monoisotopic (exact) mass is 244 g/mol. The number of hydrogen-bond donors (Lipinski definition) is 0. The summed E-state index contributed by atoms with van der Waals surface area (Å²) in [5, 5.41) is 0. The van der Waals surface area contributed by atoms with Gasteiger partial charge in [0.25, 0.3) is 6.43 Å². The molecule has 1 aliphatic rings. The van der Waals surface area contributed by atoms with Crippen molar-refractivity contribution in [3.8, 4) is 11.1 Å². The molecule has 0 bridgehead atoms. The fourth-order valence-electron chi connectivity index (χ4n) is 2.86. The van der Waals surface area contributed by atoms with Crippen molar-refractivity contribution in [3.05, 3.63) is 59.2 Å². The maximum absolute atomic E-state index is 12.8. The molecule has 2 aromatic rings. The van der Waals surface area contributed by atoms with Crippen LogP contribution in [-0.2, 0) is 5.41 Å². The number of alkyl halides is 2. The molecule has 0 aromatic heterocycles. The Hall–Kier alpha value is -1.70. The van der Waals surface area contributed by atoms with Gasteiger partial charge in [-0.05, 0) is 28.3 Å². The van der Waals surface area contributed by atoms with E-state index in [4.69, 9.17) is 0 Å². The van der Waals surface area contributed by atoms with Crippen molar-refractivity contribution < 1.29 is 8.78 Å². The van der Waals surface area contributed by atoms with E-state index >= 15 is 0 Å². The van der Waals surface area contributed by atoms with Crippen LogP contribution in [0.25, 0.3) is 11.1 Å². The summed E-state index contributed by atoms with van der Waals surface area (Å²) in [6.45, 7) is 4.18. The topological polar surface area (TPSA) is 0 Å². The van der Waals surface area contributed by atoms with Gasteiger partial charge in [0.15, 0.2) is 0 Å². The van der Waals surface area contributed by atoms with Crippen molar-refractivity contribution in [2.24, 2.45) is 0 Å². The first kappa shape index (κ1) is 11.4. The van der Waals surface area contributed by atoms with Crippen LogP contribution in [0, 0.1) is 0 Å². The fourth-order valence-corrected chi connectivity index (χ4v) is 2.86. The minimum atomic E-state index is -2.41. The molecule has 0 N–H and O–H groups in total. The zero-order valence-electron chi connectivity index (χ0n) is 10.4. The SMILES string of the molecule is CC1(C)c2ccccc2-c2ccc(C(F)F)cc21. The smallest absolute Gasteiger partial charge is 0.205 e. The summed E-state index contributed by atoms with van der Waals surface area (Å²) in [5.74, 6) is 0. The highest BCUT2D eigenvalue weighted by molar-refractivity contribution is 5.80. The molecule has 92 valence electrons. The maximum atomic E-state index is 12.8. The van der Waals surface area contributed by atoms with E-state index in [9.17, 15) is 8.78 Å². The Balaban J connectivity index is 2.28. The lowest BCUT2D eigenvalue weighted by molar-refractivity contribution is 0.151. The Morgan fingerprint density at radius 3 is 2.28 bits per heavy atom. The number of hydrogen-bond acceptors (Lipinski definition) is 0. The highest BCUT2D eigenvalue weighted by atomic mass is 19.3. The average molecular weight is 244 g/mol. The zero-order valence-corrected chi connectivity index (χ0v) is 10.4. The second-order valence-corrected chi connectivity index (χ2v) is 5.28. The predicted octanol–water partition coefficient (Wildman–Crippen LogP) is 4.93. The largest absolute Gasteiger partial charge is 0.263 e. The predicted molar refractivity (Wildman–Crippen MR) is 69.0 cm³/mol. The Morgan fingerprint density at radius 2 is 1.56 bits per heavy atom. The van der Waals surface area contributed by atoms with Crippen molar-refractivity contribution in [2.45, 2.75) is 25.7 Å². The first-order valence-electron chi connectivity index (χ1n) is 6.04. The fraction of sp³-hybridized carbons (Fsp3) is 0.250. The van der Waals surface area contributed by atoms with Gasteiger partial charge >= 0.3 is 0 Å². The van der Waals surface area contributed by atoms with E-state index < -0.39 is 6.43 Å². The molecule has 0 amide bonds. The van der Waals surface area contributed by atoms with Gasteiger partial charge in [0.1, 0.15) is 0 Å². The summed E-state index contributed by atoms with van der Waals surface area (Å²) in [6, 6.07) is 13.1. The van der Waals surface area contributed by atoms with Gasteiger partial charge < -0.3 is 0 Å². The number of fused-ring (bicyclic) bond motifs is 3. The molecule has 18 heavy (non-hydrogen) atoms. The molecule has 1 aliphatic carbocycles. The molecular formula is C16H14F2. The third kappa shape index (κ3) is 1.41. The lowest BCUT2D eigenvalue weighted by Gasteiger charge is -2.21. The molecule has 0 spiro atoms. The van der Waals surface area contributed by atoms with Gasteiger partial charge in [0.2, 0.25) is 0 Å². The Labute approximate surface area is 105 Å². The van der Waals surface area contributed by atoms with E-state index in [2.05, 4.69) is 26.0 Å². The normalized spacial score (nSPS) is 15.6. The minimum absolute atomic E-state index is 0.106. The lowest BCUT2D eigenvalue weighted by Crippen LogP contribution is -2.15. The molecule has 0 heterocycles. The molecule has 0 atom stereocenters. The highest BCUT2D eigenvalue weighted by Gasteiger charge is 2.35. The van der Waals surface area contributed by atoms with Gasteiger partial charge in [-0.25, -0.2) is 8.78 Å². The molecule has 0 saturated heterocycles. The first-order chi connectivity index (χ1) is 8.51. The van der Waals surface area contributed by atoms with Gasteiger partial charge in [-0.2, -0.15) is 0 Å². The molecule has 0 unspecified atom stereocenters. The summed E-state index contributed by atoms with van der Waals surface area (Å²) >= 11 is 0. The van der Waals surface area contributed by atoms with Gasteiger partial charge in [-0.3, -0.25) is 0 Å². The number of rotatable bonds is 1. The van der Waals surface area contributed by atoms with E-state index in [1.54, 1.807) is 6.07 Å². The van der Waals surface area contributed by atoms with Gasteiger partial charge in [-0.1, -0.05) is 50.2 Å². The van der Waals surface area contributed by atoms with Crippen molar-refractivity contribution in [1.82, 2.24) is 0 Å². The van der Waals surface area contributed by atoms with Crippen LogP contribution in [0.4, 0.5) is 8.78 Å². The average Bonchev–Trinajstić information content (AvgIpc) is 2.59. The molecule has 0 radical (unpaired) electrons. The second kappa shape index (κ2) is 3.64. The van der Waals surface area contributed by atoms with Crippen molar-refractivity contribution in [1.29, 1.82) is 0 Å². The summed E-state index contributed by atoms with van der Waals surface area (Å²) in [4.78, 5) is 0. The van der Waals surface area contributed by atoms with Crippen molar-refractivity contribution >= 4 is 0 Å².